The third-order valence-corrected chi connectivity index (χ3v) is 5.01. The van der Waals surface area contributed by atoms with Crippen molar-refractivity contribution in [2.75, 3.05) is 6.54 Å². The number of benzene rings is 2. The lowest BCUT2D eigenvalue weighted by Gasteiger charge is -2.31. The molecule has 0 spiro atoms. The van der Waals surface area contributed by atoms with E-state index >= 15 is 0 Å². The highest BCUT2D eigenvalue weighted by atomic mass is 16.2. The Labute approximate surface area is 175 Å². The lowest BCUT2D eigenvalue weighted by molar-refractivity contribution is -0.141. The standard InChI is InChI=1S/C25H34N2O2/c1-3-5-12-18-26-25(29)23(19-21-14-8-6-9-15-21)27(24(28)13-4-2)20-22-16-10-7-11-17-22/h6-11,14-17,23H,3-5,12-13,18-20H2,1-2H3,(H,26,29)/t23-/m1/s1. The first-order valence-electron chi connectivity index (χ1n) is 10.8. The molecule has 29 heavy (non-hydrogen) atoms. The first-order valence-corrected chi connectivity index (χ1v) is 10.8. The Morgan fingerprint density at radius 2 is 1.48 bits per heavy atom. The van der Waals surface area contributed by atoms with E-state index in [0.717, 1.165) is 36.8 Å². The summed E-state index contributed by atoms with van der Waals surface area (Å²) in [6, 6.07) is 19.3. The van der Waals surface area contributed by atoms with Crippen LogP contribution in [0.25, 0.3) is 0 Å². The normalized spacial score (nSPS) is 11.7. The van der Waals surface area contributed by atoms with Crippen molar-refractivity contribution in [3.8, 4) is 0 Å². The summed E-state index contributed by atoms with van der Waals surface area (Å²) in [5.74, 6) is -0.0358. The molecule has 0 bridgehead atoms. The van der Waals surface area contributed by atoms with Crippen LogP contribution >= 0.6 is 0 Å². The molecule has 0 fully saturated rings. The number of nitrogens with zero attached hydrogens (tertiary/aromatic N) is 1. The van der Waals surface area contributed by atoms with Crippen LogP contribution < -0.4 is 5.32 Å². The fourth-order valence-corrected chi connectivity index (χ4v) is 3.40. The Morgan fingerprint density at radius 3 is 2.07 bits per heavy atom. The van der Waals surface area contributed by atoms with Gasteiger partial charge in [0.1, 0.15) is 6.04 Å². The van der Waals surface area contributed by atoms with Gasteiger partial charge in [-0.15, -0.1) is 0 Å². The maximum atomic E-state index is 13.1. The summed E-state index contributed by atoms with van der Waals surface area (Å²) in [7, 11) is 0. The average molecular weight is 395 g/mol. The van der Waals surface area contributed by atoms with Gasteiger partial charge in [0.15, 0.2) is 0 Å². The zero-order valence-electron chi connectivity index (χ0n) is 17.8. The van der Waals surface area contributed by atoms with Crippen molar-refractivity contribution in [1.82, 2.24) is 10.2 Å². The van der Waals surface area contributed by atoms with E-state index in [2.05, 4.69) is 12.2 Å². The number of nitrogens with one attached hydrogen (secondary N) is 1. The van der Waals surface area contributed by atoms with Crippen LogP contribution in [0.1, 0.15) is 57.1 Å². The van der Waals surface area contributed by atoms with Gasteiger partial charge in [0, 0.05) is 25.9 Å². The number of hydrogen-bond acceptors (Lipinski definition) is 2. The molecule has 0 heterocycles. The summed E-state index contributed by atoms with van der Waals surface area (Å²) in [6.07, 6.45) is 4.89. The third kappa shape index (κ3) is 7.72. The molecule has 0 aliphatic carbocycles. The van der Waals surface area contributed by atoms with Crippen LogP contribution in [0.15, 0.2) is 60.7 Å². The second-order valence-electron chi connectivity index (χ2n) is 7.46. The predicted octanol–water partition coefficient (Wildman–Crippen LogP) is 4.73. The lowest BCUT2D eigenvalue weighted by atomic mass is 10.0. The van der Waals surface area contributed by atoms with E-state index in [4.69, 9.17) is 0 Å². The number of carbonyl (C=O) groups is 2. The summed E-state index contributed by atoms with van der Waals surface area (Å²) >= 11 is 0. The SMILES string of the molecule is CCCCCNC(=O)[C@@H](Cc1ccccc1)N(Cc1ccccc1)C(=O)CCC. The monoisotopic (exact) mass is 394 g/mol. The fourth-order valence-electron chi connectivity index (χ4n) is 3.40. The van der Waals surface area contributed by atoms with Crippen molar-refractivity contribution >= 4 is 11.8 Å². The largest absolute Gasteiger partial charge is 0.354 e. The van der Waals surface area contributed by atoms with Gasteiger partial charge in [-0.1, -0.05) is 87.4 Å². The minimum atomic E-state index is -0.515. The van der Waals surface area contributed by atoms with Crippen LogP contribution in [0.4, 0.5) is 0 Å². The molecule has 2 aromatic rings. The van der Waals surface area contributed by atoms with Gasteiger partial charge < -0.3 is 10.2 Å². The number of unbranched alkanes of at least 4 members (excludes halogenated alkanes) is 2. The van der Waals surface area contributed by atoms with E-state index in [0.29, 0.717) is 25.9 Å². The maximum Gasteiger partial charge on any atom is 0.243 e. The molecule has 2 aromatic carbocycles. The van der Waals surface area contributed by atoms with Gasteiger partial charge in [0.05, 0.1) is 0 Å². The molecule has 0 aliphatic rings. The Balaban J connectivity index is 2.25. The predicted molar refractivity (Wildman–Crippen MR) is 118 cm³/mol. The highest BCUT2D eigenvalue weighted by Gasteiger charge is 2.29. The van der Waals surface area contributed by atoms with E-state index in [9.17, 15) is 9.59 Å². The first kappa shape index (κ1) is 22.7. The minimum absolute atomic E-state index is 0.0287. The van der Waals surface area contributed by atoms with Crippen LogP contribution in [0.2, 0.25) is 0 Å². The van der Waals surface area contributed by atoms with Gasteiger partial charge in [-0.3, -0.25) is 9.59 Å². The Bertz CT molecular complexity index is 731. The molecule has 0 saturated heterocycles. The molecule has 4 heteroatoms. The summed E-state index contributed by atoms with van der Waals surface area (Å²) in [4.78, 5) is 27.9. The molecule has 2 amide bonds. The Morgan fingerprint density at radius 1 is 0.862 bits per heavy atom. The topological polar surface area (TPSA) is 49.4 Å². The highest BCUT2D eigenvalue weighted by Crippen LogP contribution is 2.16. The van der Waals surface area contributed by atoms with Crippen molar-refractivity contribution in [2.45, 2.75) is 65.0 Å². The second kappa shape index (κ2) is 12.8. The molecule has 0 unspecified atom stereocenters. The lowest BCUT2D eigenvalue weighted by Crippen LogP contribution is -2.50. The molecular formula is C25H34N2O2. The Hall–Kier alpha value is -2.62. The van der Waals surface area contributed by atoms with Gasteiger partial charge >= 0.3 is 0 Å². The van der Waals surface area contributed by atoms with Crippen molar-refractivity contribution in [1.29, 1.82) is 0 Å². The van der Waals surface area contributed by atoms with E-state index in [1.54, 1.807) is 4.90 Å². The smallest absolute Gasteiger partial charge is 0.243 e. The summed E-state index contributed by atoms with van der Waals surface area (Å²) < 4.78 is 0. The van der Waals surface area contributed by atoms with Crippen LogP contribution in [-0.4, -0.2) is 29.3 Å². The van der Waals surface area contributed by atoms with E-state index in [1.165, 1.54) is 0 Å². The van der Waals surface area contributed by atoms with E-state index in [1.807, 2.05) is 67.6 Å². The second-order valence-corrected chi connectivity index (χ2v) is 7.46. The zero-order chi connectivity index (χ0) is 20.9. The fraction of sp³-hybridized carbons (Fsp3) is 0.440. The first-order chi connectivity index (χ1) is 14.2. The van der Waals surface area contributed by atoms with Crippen LogP contribution in [0.3, 0.4) is 0 Å². The third-order valence-electron chi connectivity index (χ3n) is 5.01. The molecule has 2 rings (SSSR count). The van der Waals surface area contributed by atoms with Crippen LogP contribution in [0, 0.1) is 0 Å². The molecule has 0 radical (unpaired) electrons. The van der Waals surface area contributed by atoms with Crippen molar-refractivity contribution in [3.63, 3.8) is 0 Å². The van der Waals surface area contributed by atoms with Gasteiger partial charge in [0.25, 0.3) is 0 Å². The minimum Gasteiger partial charge on any atom is -0.354 e. The number of hydrogen-bond donors (Lipinski definition) is 1. The molecule has 1 N–H and O–H groups in total. The average Bonchev–Trinajstić information content (AvgIpc) is 2.75. The highest BCUT2D eigenvalue weighted by molar-refractivity contribution is 5.88. The summed E-state index contributed by atoms with van der Waals surface area (Å²) in [5.41, 5.74) is 2.09. The molecule has 156 valence electrons. The van der Waals surface area contributed by atoms with Gasteiger partial charge in [-0.05, 0) is 24.0 Å². The zero-order valence-corrected chi connectivity index (χ0v) is 17.8. The summed E-state index contributed by atoms with van der Waals surface area (Å²) in [5, 5.41) is 3.07. The molecule has 1 atom stereocenters. The van der Waals surface area contributed by atoms with Gasteiger partial charge in [-0.2, -0.15) is 0 Å². The van der Waals surface area contributed by atoms with Gasteiger partial charge in [-0.25, -0.2) is 0 Å². The van der Waals surface area contributed by atoms with Crippen molar-refractivity contribution in [2.24, 2.45) is 0 Å². The molecule has 0 aromatic heterocycles. The van der Waals surface area contributed by atoms with E-state index < -0.39 is 6.04 Å². The van der Waals surface area contributed by atoms with Crippen LogP contribution in [0.5, 0.6) is 0 Å². The maximum absolute atomic E-state index is 13.1. The van der Waals surface area contributed by atoms with Crippen molar-refractivity contribution < 1.29 is 9.59 Å². The molecular weight excluding hydrogens is 360 g/mol. The van der Waals surface area contributed by atoms with Crippen molar-refractivity contribution in [3.05, 3.63) is 71.8 Å². The molecule has 4 nitrogen and oxygen atoms in total. The number of carbonyl (C=O) groups excluding carboxylic acids is 2. The van der Waals surface area contributed by atoms with E-state index in [-0.39, 0.29) is 11.8 Å². The quantitative estimate of drug-likeness (QED) is 0.529. The Kier molecular flexibility index (Phi) is 9.98. The number of amides is 2. The van der Waals surface area contributed by atoms with Gasteiger partial charge in [0.2, 0.25) is 11.8 Å². The van der Waals surface area contributed by atoms with Crippen LogP contribution in [-0.2, 0) is 22.6 Å². The number of rotatable bonds is 12. The molecule has 0 saturated carbocycles. The molecule has 0 aliphatic heterocycles. The summed E-state index contributed by atoms with van der Waals surface area (Å²) in [6.45, 7) is 5.24.